The second kappa shape index (κ2) is 7.68. The molecular formula is C23H31NO3SSi2. The third-order valence-corrected chi connectivity index (χ3v) is 9.85. The molecule has 4 nitrogen and oxygen atoms in total. The Bertz CT molecular complexity index is 1150. The van der Waals surface area contributed by atoms with Gasteiger partial charge in [0.2, 0.25) is 10.0 Å². The van der Waals surface area contributed by atoms with E-state index in [1.807, 2.05) is 19.1 Å². The van der Waals surface area contributed by atoms with E-state index in [1.165, 1.54) is 4.31 Å². The molecule has 1 aliphatic heterocycles. The number of aromatic hydroxyl groups is 1. The fraction of sp³-hybridized carbons (Fsp3) is 0.391. The molecule has 0 aliphatic carbocycles. The Kier molecular flexibility index (Phi) is 5.84. The lowest BCUT2D eigenvalue weighted by Gasteiger charge is -2.22. The van der Waals surface area contributed by atoms with Gasteiger partial charge in [-0.25, -0.2) is 8.42 Å². The maximum absolute atomic E-state index is 13.3. The molecule has 0 unspecified atom stereocenters. The first kappa shape index (κ1) is 22.8. The number of phenols is 1. The molecule has 0 fully saturated rings. The number of hydrogen-bond donors (Lipinski definition) is 1. The normalized spacial score (nSPS) is 14.9. The van der Waals surface area contributed by atoms with Gasteiger partial charge in [0, 0.05) is 18.7 Å². The number of nitrogens with zero attached hydrogens (tertiary/aromatic N) is 1. The van der Waals surface area contributed by atoms with Crippen molar-refractivity contribution in [2.75, 3.05) is 0 Å². The molecule has 3 rings (SSSR count). The molecule has 7 heteroatoms. The van der Waals surface area contributed by atoms with E-state index in [4.69, 9.17) is 0 Å². The summed E-state index contributed by atoms with van der Waals surface area (Å²) >= 11 is 0. The maximum Gasteiger partial charge on any atom is 0.243 e. The van der Waals surface area contributed by atoms with Crippen molar-refractivity contribution in [1.29, 1.82) is 0 Å². The van der Waals surface area contributed by atoms with E-state index < -0.39 is 26.2 Å². The predicted molar refractivity (Wildman–Crippen MR) is 129 cm³/mol. The van der Waals surface area contributed by atoms with E-state index in [0.29, 0.717) is 11.4 Å². The highest BCUT2D eigenvalue weighted by Crippen LogP contribution is 2.34. The van der Waals surface area contributed by atoms with Crippen LogP contribution in [-0.2, 0) is 23.1 Å². The van der Waals surface area contributed by atoms with Crippen molar-refractivity contribution in [3.63, 3.8) is 0 Å². The summed E-state index contributed by atoms with van der Waals surface area (Å²) in [4.78, 5) is 0.297. The molecule has 0 atom stereocenters. The number of sulfonamides is 1. The molecule has 0 saturated carbocycles. The Labute approximate surface area is 183 Å². The van der Waals surface area contributed by atoms with Gasteiger partial charge in [-0.1, -0.05) is 62.9 Å². The summed E-state index contributed by atoms with van der Waals surface area (Å²) in [6.45, 7) is 15.6. The van der Waals surface area contributed by atoms with Crippen molar-refractivity contribution in [3.05, 3.63) is 52.6 Å². The van der Waals surface area contributed by atoms with Gasteiger partial charge in [0.05, 0.1) is 13.0 Å². The summed E-state index contributed by atoms with van der Waals surface area (Å²) < 4.78 is 28.0. The molecule has 0 amide bonds. The van der Waals surface area contributed by atoms with E-state index in [-0.39, 0.29) is 12.3 Å². The zero-order chi connectivity index (χ0) is 22.5. The lowest BCUT2D eigenvalue weighted by atomic mass is 10.0. The van der Waals surface area contributed by atoms with Gasteiger partial charge in [-0.3, -0.25) is 0 Å². The lowest BCUT2D eigenvalue weighted by Crippen LogP contribution is -2.40. The first-order valence-corrected chi connectivity index (χ1v) is 18.6. The van der Waals surface area contributed by atoms with Crippen LogP contribution in [0.4, 0.5) is 0 Å². The van der Waals surface area contributed by atoms with Gasteiger partial charge >= 0.3 is 0 Å². The third-order valence-electron chi connectivity index (χ3n) is 5.16. The van der Waals surface area contributed by atoms with Gasteiger partial charge in [0.15, 0.2) is 0 Å². The quantitative estimate of drug-likeness (QED) is 0.556. The molecular weight excluding hydrogens is 426 g/mol. The van der Waals surface area contributed by atoms with Crippen LogP contribution in [0, 0.1) is 18.4 Å². The number of benzene rings is 2. The Morgan fingerprint density at radius 2 is 1.60 bits per heavy atom. The molecule has 0 saturated heterocycles. The van der Waals surface area contributed by atoms with Gasteiger partial charge in [-0.2, -0.15) is 4.31 Å². The fourth-order valence-corrected chi connectivity index (χ4v) is 7.37. The van der Waals surface area contributed by atoms with Crippen LogP contribution in [0.5, 0.6) is 5.75 Å². The Balaban J connectivity index is 2.14. The van der Waals surface area contributed by atoms with Crippen LogP contribution in [0.2, 0.25) is 39.3 Å². The first-order chi connectivity index (χ1) is 13.7. The topological polar surface area (TPSA) is 57.6 Å². The van der Waals surface area contributed by atoms with E-state index in [1.54, 1.807) is 18.2 Å². The number of aryl methyl sites for hydroxylation is 1. The zero-order valence-electron chi connectivity index (χ0n) is 18.9. The Hall–Kier alpha value is -1.86. The van der Waals surface area contributed by atoms with Gasteiger partial charge in [-0.15, -0.1) is 5.54 Å². The van der Waals surface area contributed by atoms with Gasteiger partial charge in [-0.05, 0) is 41.4 Å². The van der Waals surface area contributed by atoms with Crippen molar-refractivity contribution in [2.45, 2.75) is 64.2 Å². The van der Waals surface area contributed by atoms with Gasteiger partial charge in [0.25, 0.3) is 0 Å². The molecule has 0 spiro atoms. The number of fused-ring (bicyclic) bond motifs is 1. The summed E-state index contributed by atoms with van der Waals surface area (Å²) in [5, 5.41) is 11.8. The third kappa shape index (κ3) is 4.57. The average Bonchev–Trinajstić information content (AvgIpc) is 3.02. The minimum Gasteiger partial charge on any atom is -0.508 e. The van der Waals surface area contributed by atoms with Crippen LogP contribution in [0.25, 0.3) is 0 Å². The summed E-state index contributed by atoms with van der Waals surface area (Å²) in [5.41, 5.74) is 7.11. The van der Waals surface area contributed by atoms with E-state index in [2.05, 4.69) is 50.7 Å². The molecule has 30 heavy (non-hydrogen) atoms. The monoisotopic (exact) mass is 457 g/mol. The molecule has 1 N–H and O–H groups in total. The van der Waals surface area contributed by atoms with Gasteiger partial charge < -0.3 is 5.11 Å². The summed E-state index contributed by atoms with van der Waals surface area (Å²) in [7, 11) is -7.17. The lowest BCUT2D eigenvalue weighted by molar-refractivity contribution is 0.431. The molecule has 0 aromatic heterocycles. The largest absolute Gasteiger partial charge is 0.508 e. The second-order valence-electron chi connectivity index (χ2n) is 10.1. The summed E-state index contributed by atoms with van der Waals surface area (Å²) in [6.07, 6.45) is 0. The van der Waals surface area contributed by atoms with Crippen molar-refractivity contribution in [1.82, 2.24) is 4.31 Å². The Morgan fingerprint density at radius 1 is 1.00 bits per heavy atom. The smallest absolute Gasteiger partial charge is 0.243 e. The van der Waals surface area contributed by atoms with Crippen molar-refractivity contribution < 1.29 is 13.5 Å². The molecule has 0 radical (unpaired) electrons. The summed E-state index contributed by atoms with van der Waals surface area (Å²) in [6, 6.07) is 8.70. The van der Waals surface area contributed by atoms with Crippen LogP contribution < -0.4 is 5.19 Å². The number of hydrogen-bond acceptors (Lipinski definition) is 3. The molecule has 2 aromatic rings. The van der Waals surface area contributed by atoms with Crippen molar-refractivity contribution in [3.8, 4) is 17.2 Å². The van der Waals surface area contributed by atoms with Crippen molar-refractivity contribution in [2.24, 2.45) is 0 Å². The van der Waals surface area contributed by atoms with Crippen LogP contribution >= 0.6 is 0 Å². The highest BCUT2D eigenvalue weighted by molar-refractivity contribution is 7.89. The molecule has 1 heterocycles. The standard InChI is InChI=1S/C23H31NO3SSi2/c1-17-8-10-19(11-9-17)28(26,27)24-15-18-14-22(25)23(30(5,6)7)20(21(18)16-24)12-13-29(2,3)4/h8-11,14,25H,15-16H2,1-7H3. The molecule has 1 aliphatic rings. The maximum atomic E-state index is 13.3. The SMILES string of the molecule is Cc1ccc(S(=O)(=O)N2Cc3cc(O)c([Si](C)(C)C)c(C#C[Si](C)(C)C)c3C2)cc1. The number of rotatable bonds is 3. The number of phenolic OH excluding ortho intramolecular Hbond substituents is 1. The first-order valence-electron chi connectivity index (χ1n) is 10.2. The van der Waals surface area contributed by atoms with Crippen molar-refractivity contribution >= 4 is 31.4 Å². The van der Waals surface area contributed by atoms with E-state index in [0.717, 1.165) is 27.4 Å². The summed E-state index contributed by atoms with van der Waals surface area (Å²) in [5.74, 6) is 3.64. The highest BCUT2D eigenvalue weighted by atomic mass is 32.2. The van der Waals surface area contributed by atoms with E-state index in [9.17, 15) is 13.5 Å². The minimum absolute atomic E-state index is 0.252. The molecule has 0 bridgehead atoms. The average molecular weight is 458 g/mol. The Morgan fingerprint density at radius 3 is 2.13 bits per heavy atom. The van der Waals surface area contributed by atoms with Crippen LogP contribution in [0.3, 0.4) is 0 Å². The highest BCUT2D eigenvalue weighted by Gasteiger charge is 2.35. The minimum atomic E-state index is -3.62. The molecule has 2 aromatic carbocycles. The fourth-order valence-electron chi connectivity index (χ4n) is 3.68. The van der Waals surface area contributed by atoms with Crippen LogP contribution in [-0.4, -0.2) is 34.0 Å². The van der Waals surface area contributed by atoms with Crippen LogP contribution in [0.1, 0.15) is 22.3 Å². The molecule has 160 valence electrons. The van der Waals surface area contributed by atoms with Gasteiger partial charge in [0.1, 0.15) is 13.8 Å². The van der Waals surface area contributed by atoms with E-state index >= 15 is 0 Å². The predicted octanol–water partition coefficient (Wildman–Crippen LogP) is 4.18. The zero-order valence-corrected chi connectivity index (χ0v) is 21.7. The second-order valence-corrected chi connectivity index (χ2v) is 21.8. The van der Waals surface area contributed by atoms with Crippen LogP contribution in [0.15, 0.2) is 35.2 Å².